The SMILES string of the molecule is COc1cc(CCc2nc3n(n2)CC[C@@H](C)[C@@H]3c2ccc(F)cc2)ccc1-n1cnc(C)c1. The lowest BCUT2D eigenvalue weighted by Gasteiger charge is -2.28. The molecule has 3 heterocycles. The van der Waals surface area contributed by atoms with Gasteiger partial charge in [-0.05, 0) is 61.1 Å². The zero-order valence-corrected chi connectivity index (χ0v) is 19.2. The molecule has 4 aromatic rings. The highest BCUT2D eigenvalue weighted by atomic mass is 19.1. The number of ether oxygens (including phenoxy) is 1. The second-order valence-corrected chi connectivity index (χ2v) is 8.83. The molecule has 0 unspecified atom stereocenters. The number of imidazole rings is 1. The van der Waals surface area contributed by atoms with Crippen molar-refractivity contribution in [1.29, 1.82) is 0 Å². The molecule has 5 rings (SSSR count). The van der Waals surface area contributed by atoms with Gasteiger partial charge < -0.3 is 9.30 Å². The molecule has 2 aromatic heterocycles. The summed E-state index contributed by atoms with van der Waals surface area (Å²) in [5.41, 5.74) is 4.19. The van der Waals surface area contributed by atoms with E-state index in [9.17, 15) is 4.39 Å². The standard InChI is InChI=1S/C26H28FN5O/c1-17-12-13-32-26(25(17)20-6-8-21(27)9-7-20)29-24(30-32)11-5-19-4-10-22(23(14-19)33-3)31-15-18(2)28-16-31/h4,6-10,14-17,25H,5,11-13H2,1-3H3/t17-,25-/m1/s1. The van der Waals surface area contributed by atoms with Crippen LogP contribution in [0.4, 0.5) is 4.39 Å². The van der Waals surface area contributed by atoms with E-state index in [4.69, 9.17) is 14.8 Å². The van der Waals surface area contributed by atoms with Crippen LogP contribution in [0, 0.1) is 18.7 Å². The minimum Gasteiger partial charge on any atom is -0.495 e. The van der Waals surface area contributed by atoms with Gasteiger partial charge in [0, 0.05) is 25.1 Å². The van der Waals surface area contributed by atoms with Crippen molar-refractivity contribution in [2.45, 2.75) is 45.6 Å². The fraction of sp³-hybridized carbons (Fsp3) is 0.346. The third kappa shape index (κ3) is 4.27. The Labute approximate surface area is 193 Å². The van der Waals surface area contributed by atoms with Crippen molar-refractivity contribution in [3.8, 4) is 11.4 Å². The van der Waals surface area contributed by atoms with E-state index >= 15 is 0 Å². The van der Waals surface area contributed by atoms with E-state index < -0.39 is 0 Å². The Bertz CT molecular complexity index is 1260. The molecule has 7 heteroatoms. The zero-order chi connectivity index (χ0) is 22.9. The van der Waals surface area contributed by atoms with E-state index in [1.54, 1.807) is 13.4 Å². The van der Waals surface area contributed by atoms with Crippen LogP contribution in [-0.2, 0) is 19.4 Å². The van der Waals surface area contributed by atoms with E-state index in [1.807, 2.05) is 34.5 Å². The summed E-state index contributed by atoms with van der Waals surface area (Å²) in [6.45, 7) is 5.08. The Kier molecular flexibility index (Phi) is 5.70. The van der Waals surface area contributed by atoms with Gasteiger partial charge in [-0.25, -0.2) is 19.0 Å². The van der Waals surface area contributed by atoms with Crippen LogP contribution < -0.4 is 4.74 Å². The largest absolute Gasteiger partial charge is 0.495 e. The van der Waals surface area contributed by atoms with Gasteiger partial charge in [0.1, 0.15) is 17.4 Å². The first-order valence-corrected chi connectivity index (χ1v) is 11.4. The van der Waals surface area contributed by atoms with E-state index in [0.29, 0.717) is 5.92 Å². The van der Waals surface area contributed by atoms with Crippen LogP contribution in [0.2, 0.25) is 0 Å². The lowest BCUT2D eigenvalue weighted by Crippen LogP contribution is -2.24. The highest BCUT2D eigenvalue weighted by molar-refractivity contribution is 5.49. The van der Waals surface area contributed by atoms with E-state index in [-0.39, 0.29) is 11.7 Å². The molecular formula is C26H28FN5O. The number of fused-ring (bicyclic) bond motifs is 1. The van der Waals surface area contributed by atoms with E-state index in [2.05, 4.69) is 30.1 Å². The quantitative estimate of drug-likeness (QED) is 0.425. The zero-order valence-electron chi connectivity index (χ0n) is 19.2. The maximum absolute atomic E-state index is 13.4. The predicted molar refractivity (Wildman–Crippen MR) is 124 cm³/mol. The van der Waals surface area contributed by atoms with Crippen LogP contribution in [0.5, 0.6) is 5.75 Å². The summed E-state index contributed by atoms with van der Waals surface area (Å²) in [5, 5.41) is 4.79. The monoisotopic (exact) mass is 445 g/mol. The van der Waals surface area contributed by atoms with Crippen LogP contribution in [0.3, 0.4) is 0 Å². The maximum atomic E-state index is 13.4. The Hall–Kier alpha value is -3.48. The van der Waals surface area contributed by atoms with Crippen molar-refractivity contribution in [3.05, 3.63) is 89.3 Å². The van der Waals surface area contributed by atoms with Gasteiger partial charge in [0.2, 0.25) is 0 Å². The molecule has 0 N–H and O–H groups in total. The number of benzene rings is 2. The Morgan fingerprint density at radius 3 is 2.67 bits per heavy atom. The first-order chi connectivity index (χ1) is 16.0. The third-order valence-electron chi connectivity index (χ3n) is 6.49. The lowest BCUT2D eigenvalue weighted by atomic mass is 9.82. The normalized spacial score (nSPS) is 17.7. The maximum Gasteiger partial charge on any atom is 0.151 e. The molecule has 0 saturated heterocycles. The van der Waals surface area contributed by atoms with Gasteiger partial charge in [0.05, 0.1) is 24.8 Å². The highest BCUT2D eigenvalue weighted by Gasteiger charge is 2.31. The minimum atomic E-state index is -0.214. The van der Waals surface area contributed by atoms with E-state index in [0.717, 1.165) is 60.2 Å². The van der Waals surface area contributed by atoms with Crippen molar-refractivity contribution in [1.82, 2.24) is 24.3 Å². The van der Waals surface area contributed by atoms with Crippen LogP contribution >= 0.6 is 0 Å². The summed E-state index contributed by atoms with van der Waals surface area (Å²) in [6.07, 6.45) is 6.38. The summed E-state index contributed by atoms with van der Waals surface area (Å²) in [5.74, 6) is 3.00. The van der Waals surface area contributed by atoms with Crippen LogP contribution in [0.1, 0.15) is 47.7 Å². The van der Waals surface area contributed by atoms with Gasteiger partial charge in [0.25, 0.3) is 0 Å². The number of aryl methyl sites for hydroxylation is 4. The topological polar surface area (TPSA) is 57.8 Å². The van der Waals surface area contributed by atoms with Gasteiger partial charge in [-0.15, -0.1) is 0 Å². The first-order valence-electron chi connectivity index (χ1n) is 11.4. The molecule has 0 spiro atoms. The Morgan fingerprint density at radius 2 is 1.94 bits per heavy atom. The molecule has 2 aromatic carbocycles. The van der Waals surface area contributed by atoms with Crippen LogP contribution in [-0.4, -0.2) is 31.4 Å². The molecule has 0 amide bonds. The molecule has 6 nitrogen and oxygen atoms in total. The smallest absolute Gasteiger partial charge is 0.151 e. The average molecular weight is 446 g/mol. The average Bonchev–Trinajstić information content (AvgIpc) is 3.44. The van der Waals surface area contributed by atoms with Crippen molar-refractivity contribution >= 4 is 0 Å². The number of rotatable bonds is 6. The van der Waals surface area contributed by atoms with Gasteiger partial charge >= 0.3 is 0 Å². The molecule has 2 atom stereocenters. The summed E-state index contributed by atoms with van der Waals surface area (Å²) in [4.78, 5) is 9.23. The lowest BCUT2D eigenvalue weighted by molar-refractivity contribution is 0.347. The molecule has 0 fully saturated rings. The summed E-state index contributed by atoms with van der Waals surface area (Å²) in [6, 6.07) is 13.1. The molecule has 0 radical (unpaired) electrons. The van der Waals surface area contributed by atoms with E-state index in [1.165, 1.54) is 17.7 Å². The summed E-state index contributed by atoms with van der Waals surface area (Å²) in [7, 11) is 1.69. The molecular weight excluding hydrogens is 417 g/mol. The van der Waals surface area contributed by atoms with Crippen molar-refractivity contribution in [3.63, 3.8) is 0 Å². The number of methoxy groups -OCH3 is 1. The van der Waals surface area contributed by atoms with Gasteiger partial charge in [0.15, 0.2) is 5.82 Å². The fourth-order valence-corrected chi connectivity index (χ4v) is 4.70. The Morgan fingerprint density at radius 1 is 1.12 bits per heavy atom. The second-order valence-electron chi connectivity index (χ2n) is 8.83. The van der Waals surface area contributed by atoms with Crippen molar-refractivity contribution in [2.75, 3.05) is 7.11 Å². The van der Waals surface area contributed by atoms with Crippen LogP contribution in [0.25, 0.3) is 5.69 Å². The summed E-state index contributed by atoms with van der Waals surface area (Å²) < 4.78 is 23.1. The Balaban J connectivity index is 1.35. The number of aromatic nitrogens is 5. The van der Waals surface area contributed by atoms with Gasteiger partial charge in [-0.3, -0.25) is 0 Å². The van der Waals surface area contributed by atoms with Gasteiger partial charge in [-0.1, -0.05) is 25.1 Å². The predicted octanol–water partition coefficient (Wildman–Crippen LogP) is 4.88. The second kappa shape index (κ2) is 8.81. The molecule has 0 saturated carbocycles. The number of halogens is 1. The molecule has 33 heavy (non-hydrogen) atoms. The molecule has 0 aliphatic carbocycles. The van der Waals surface area contributed by atoms with Gasteiger partial charge in [-0.2, -0.15) is 5.10 Å². The first kappa shape index (κ1) is 21.4. The molecule has 1 aliphatic heterocycles. The van der Waals surface area contributed by atoms with Crippen molar-refractivity contribution in [2.24, 2.45) is 5.92 Å². The molecule has 1 aliphatic rings. The number of nitrogens with zero attached hydrogens (tertiary/aromatic N) is 5. The molecule has 0 bridgehead atoms. The summed E-state index contributed by atoms with van der Waals surface area (Å²) >= 11 is 0. The number of hydrogen-bond acceptors (Lipinski definition) is 4. The third-order valence-corrected chi connectivity index (χ3v) is 6.49. The minimum absolute atomic E-state index is 0.138. The fourth-order valence-electron chi connectivity index (χ4n) is 4.70. The van der Waals surface area contributed by atoms with Crippen molar-refractivity contribution < 1.29 is 9.13 Å². The highest BCUT2D eigenvalue weighted by Crippen LogP contribution is 2.37. The van der Waals surface area contributed by atoms with Crippen LogP contribution in [0.15, 0.2) is 55.0 Å². The number of hydrogen-bond donors (Lipinski definition) is 0. The molecule has 170 valence electrons.